The van der Waals surface area contributed by atoms with Crippen LogP contribution in [0.1, 0.15) is 29.5 Å². The maximum Gasteiger partial charge on any atom is 0.240 e. The van der Waals surface area contributed by atoms with Crippen molar-refractivity contribution in [3.8, 4) is 0 Å². The van der Waals surface area contributed by atoms with Crippen molar-refractivity contribution < 1.29 is 4.79 Å². The number of amides is 1. The number of rotatable bonds is 4. The fourth-order valence-corrected chi connectivity index (χ4v) is 3.72. The van der Waals surface area contributed by atoms with Crippen LogP contribution in [0.4, 0.5) is 0 Å². The van der Waals surface area contributed by atoms with Gasteiger partial charge in [0.1, 0.15) is 11.1 Å². The Labute approximate surface area is 134 Å². The second-order valence-corrected chi connectivity index (χ2v) is 6.60. The van der Waals surface area contributed by atoms with E-state index in [9.17, 15) is 4.79 Å². The Morgan fingerprint density at radius 3 is 2.45 bits per heavy atom. The molecular weight excluding hydrogens is 296 g/mol. The van der Waals surface area contributed by atoms with Crippen LogP contribution in [-0.4, -0.2) is 38.7 Å². The second kappa shape index (κ2) is 6.52. The lowest BCUT2D eigenvalue weighted by Crippen LogP contribution is -2.31. The molecule has 1 saturated heterocycles. The van der Waals surface area contributed by atoms with Crippen LogP contribution in [-0.2, 0) is 11.8 Å². The fraction of sp³-hybridized carbons (Fsp3) is 0.438. The molecule has 0 saturated carbocycles. The van der Waals surface area contributed by atoms with Crippen molar-refractivity contribution in [1.29, 1.82) is 0 Å². The minimum absolute atomic E-state index is 0.175. The van der Waals surface area contributed by atoms with Crippen LogP contribution in [0.2, 0.25) is 0 Å². The van der Waals surface area contributed by atoms with E-state index in [-0.39, 0.29) is 11.2 Å². The van der Waals surface area contributed by atoms with E-state index in [4.69, 9.17) is 0 Å². The summed E-state index contributed by atoms with van der Waals surface area (Å²) in [6, 6.07) is 9.94. The summed E-state index contributed by atoms with van der Waals surface area (Å²) >= 11 is 1.48. The molecule has 1 aromatic carbocycles. The first-order valence-electron chi connectivity index (χ1n) is 7.53. The van der Waals surface area contributed by atoms with Gasteiger partial charge in [-0.25, -0.2) is 0 Å². The van der Waals surface area contributed by atoms with Gasteiger partial charge in [0.25, 0.3) is 0 Å². The maximum atomic E-state index is 12.9. The van der Waals surface area contributed by atoms with Crippen molar-refractivity contribution in [3.05, 3.63) is 41.7 Å². The molecule has 1 amide bonds. The number of benzene rings is 1. The lowest BCUT2D eigenvalue weighted by molar-refractivity contribution is -0.129. The predicted molar refractivity (Wildman–Crippen MR) is 86.6 cm³/mol. The number of aryl methyl sites for hydroxylation is 1. The molecule has 0 radical (unpaired) electrons. The zero-order valence-electron chi connectivity index (χ0n) is 12.9. The molecule has 2 aromatic rings. The summed E-state index contributed by atoms with van der Waals surface area (Å²) in [5.41, 5.74) is 1.02. The van der Waals surface area contributed by atoms with Crippen molar-refractivity contribution in [2.45, 2.75) is 30.2 Å². The summed E-state index contributed by atoms with van der Waals surface area (Å²) in [5, 5.41) is 8.80. The fourth-order valence-electron chi connectivity index (χ4n) is 2.59. The first kappa shape index (κ1) is 15.1. The summed E-state index contributed by atoms with van der Waals surface area (Å²) in [5.74, 6) is 1.03. The minimum atomic E-state index is -0.262. The lowest BCUT2D eigenvalue weighted by Gasteiger charge is -2.22. The summed E-state index contributed by atoms with van der Waals surface area (Å²) in [6.07, 6.45) is 2.20. The molecule has 1 fully saturated rings. The molecule has 3 rings (SSSR count). The summed E-state index contributed by atoms with van der Waals surface area (Å²) in [6.45, 7) is 3.64. The number of hydrogen-bond acceptors (Lipinski definition) is 4. The molecule has 0 unspecified atom stereocenters. The van der Waals surface area contributed by atoms with E-state index in [0.717, 1.165) is 42.5 Å². The first-order chi connectivity index (χ1) is 10.7. The number of hydrogen-bond donors (Lipinski definition) is 0. The van der Waals surface area contributed by atoms with Gasteiger partial charge in [-0.1, -0.05) is 42.1 Å². The highest BCUT2D eigenvalue weighted by Gasteiger charge is 2.30. The van der Waals surface area contributed by atoms with E-state index in [1.165, 1.54) is 11.8 Å². The average Bonchev–Trinajstić information content (AvgIpc) is 3.18. The van der Waals surface area contributed by atoms with Gasteiger partial charge in [0.2, 0.25) is 5.91 Å². The van der Waals surface area contributed by atoms with Gasteiger partial charge in [-0.3, -0.25) is 4.79 Å². The van der Waals surface area contributed by atoms with Crippen molar-refractivity contribution >= 4 is 17.7 Å². The Morgan fingerprint density at radius 2 is 1.86 bits per heavy atom. The SMILES string of the molecule is Cc1nnc(S[C@@H](C(=O)N2CCCC2)c2ccccc2)n1C. The van der Waals surface area contributed by atoms with E-state index < -0.39 is 0 Å². The highest BCUT2D eigenvalue weighted by atomic mass is 32.2. The van der Waals surface area contributed by atoms with Gasteiger partial charge in [-0.2, -0.15) is 0 Å². The molecule has 116 valence electrons. The molecule has 1 aliphatic rings. The van der Waals surface area contributed by atoms with Gasteiger partial charge < -0.3 is 9.47 Å². The number of thioether (sulfide) groups is 1. The third-order valence-corrected chi connectivity index (χ3v) is 5.30. The van der Waals surface area contributed by atoms with Crippen LogP contribution >= 0.6 is 11.8 Å². The van der Waals surface area contributed by atoms with Crippen LogP contribution in [0.3, 0.4) is 0 Å². The highest BCUT2D eigenvalue weighted by molar-refractivity contribution is 8.00. The third-order valence-electron chi connectivity index (χ3n) is 4.02. The number of nitrogens with zero attached hydrogens (tertiary/aromatic N) is 4. The summed E-state index contributed by atoms with van der Waals surface area (Å²) < 4.78 is 1.93. The van der Waals surface area contributed by atoms with Crippen molar-refractivity contribution in [3.63, 3.8) is 0 Å². The van der Waals surface area contributed by atoms with Gasteiger partial charge in [-0.05, 0) is 25.3 Å². The van der Waals surface area contributed by atoms with E-state index >= 15 is 0 Å². The van der Waals surface area contributed by atoms with Crippen LogP contribution < -0.4 is 0 Å². The number of likely N-dealkylation sites (tertiary alicyclic amines) is 1. The van der Waals surface area contributed by atoms with Crippen molar-refractivity contribution in [2.24, 2.45) is 7.05 Å². The quantitative estimate of drug-likeness (QED) is 0.814. The molecule has 0 bridgehead atoms. The largest absolute Gasteiger partial charge is 0.341 e. The van der Waals surface area contributed by atoms with Crippen LogP contribution in [0.5, 0.6) is 0 Å². The van der Waals surface area contributed by atoms with E-state index in [1.54, 1.807) is 0 Å². The minimum Gasteiger partial charge on any atom is -0.341 e. The Bertz CT molecular complexity index is 649. The van der Waals surface area contributed by atoms with Gasteiger partial charge in [-0.15, -0.1) is 10.2 Å². The molecule has 0 aliphatic carbocycles. The molecule has 5 nitrogen and oxygen atoms in total. The van der Waals surface area contributed by atoms with Crippen LogP contribution in [0, 0.1) is 6.92 Å². The Kier molecular flexibility index (Phi) is 4.47. The topological polar surface area (TPSA) is 51.0 Å². The highest BCUT2D eigenvalue weighted by Crippen LogP contribution is 2.36. The van der Waals surface area contributed by atoms with Gasteiger partial charge in [0, 0.05) is 20.1 Å². The molecule has 1 aromatic heterocycles. The van der Waals surface area contributed by atoms with Crippen molar-refractivity contribution in [2.75, 3.05) is 13.1 Å². The Balaban J connectivity index is 1.89. The van der Waals surface area contributed by atoms with Gasteiger partial charge in [0.15, 0.2) is 5.16 Å². The van der Waals surface area contributed by atoms with Gasteiger partial charge >= 0.3 is 0 Å². The molecule has 0 N–H and O–H groups in total. The number of aromatic nitrogens is 3. The number of carbonyl (C=O) groups is 1. The van der Waals surface area contributed by atoms with Crippen LogP contribution in [0.15, 0.2) is 35.5 Å². The van der Waals surface area contributed by atoms with E-state index in [0.29, 0.717) is 0 Å². The maximum absolute atomic E-state index is 12.9. The zero-order chi connectivity index (χ0) is 15.5. The molecule has 1 aliphatic heterocycles. The molecule has 22 heavy (non-hydrogen) atoms. The smallest absolute Gasteiger partial charge is 0.240 e. The zero-order valence-corrected chi connectivity index (χ0v) is 13.7. The first-order valence-corrected chi connectivity index (χ1v) is 8.41. The van der Waals surface area contributed by atoms with Crippen LogP contribution in [0.25, 0.3) is 0 Å². The Hall–Kier alpha value is -1.82. The molecule has 1 atom stereocenters. The summed E-state index contributed by atoms with van der Waals surface area (Å²) in [7, 11) is 1.93. The lowest BCUT2D eigenvalue weighted by atomic mass is 10.1. The Morgan fingerprint density at radius 1 is 1.18 bits per heavy atom. The molecular formula is C16H20N4OS. The van der Waals surface area contributed by atoms with Gasteiger partial charge in [0.05, 0.1) is 0 Å². The monoisotopic (exact) mass is 316 g/mol. The average molecular weight is 316 g/mol. The third kappa shape index (κ3) is 3.02. The molecule has 2 heterocycles. The normalized spacial score (nSPS) is 16.0. The summed E-state index contributed by atoms with van der Waals surface area (Å²) in [4.78, 5) is 14.9. The molecule has 6 heteroatoms. The number of carbonyl (C=O) groups excluding carboxylic acids is 1. The second-order valence-electron chi connectivity index (χ2n) is 5.53. The standard InChI is InChI=1S/C16H20N4OS/c1-12-17-18-16(19(12)2)22-14(13-8-4-3-5-9-13)15(21)20-10-6-7-11-20/h3-5,8-9,14H,6-7,10-11H2,1-2H3/t14-/m1/s1. The van der Waals surface area contributed by atoms with E-state index in [2.05, 4.69) is 10.2 Å². The predicted octanol–water partition coefficient (Wildman–Crippen LogP) is 2.58. The van der Waals surface area contributed by atoms with Crippen molar-refractivity contribution in [1.82, 2.24) is 19.7 Å². The van der Waals surface area contributed by atoms with E-state index in [1.807, 2.05) is 53.8 Å². The molecule has 0 spiro atoms.